The van der Waals surface area contributed by atoms with Crippen LogP contribution in [0.4, 0.5) is 11.4 Å². The zero-order chi connectivity index (χ0) is 21.2. The molecule has 0 fully saturated rings. The van der Waals surface area contributed by atoms with Crippen molar-refractivity contribution < 1.29 is 19.1 Å². The van der Waals surface area contributed by atoms with E-state index in [0.29, 0.717) is 22.8 Å². The highest BCUT2D eigenvalue weighted by atomic mass is 16.5. The van der Waals surface area contributed by atoms with Crippen molar-refractivity contribution in [2.75, 3.05) is 17.7 Å². The molecule has 0 atom stereocenters. The molecule has 0 saturated carbocycles. The van der Waals surface area contributed by atoms with Crippen LogP contribution in [0.15, 0.2) is 53.6 Å². The molecule has 152 valence electrons. The van der Waals surface area contributed by atoms with Crippen LogP contribution < -0.4 is 20.8 Å². The summed E-state index contributed by atoms with van der Waals surface area (Å²) >= 11 is 0. The number of amides is 3. The number of nitrogens with zero attached hydrogens (tertiary/aromatic N) is 1. The van der Waals surface area contributed by atoms with Crippen molar-refractivity contribution in [3.8, 4) is 5.75 Å². The van der Waals surface area contributed by atoms with Gasteiger partial charge in [0.1, 0.15) is 5.75 Å². The number of benzene rings is 2. The molecule has 0 aliphatic carbocycles. The van der Waals surface area contributed by atoms with E-state index in [-0.39, 0.29) is 12.3 Å². The lowest BCUT2D eigenvalue weighted by Gasteiger charge is -2.07. The number of ether oxygens (including phenoxy) is 1. The van der Waals surface area contributed by atoms with E-state index in [1.54, 1.807) is 43.3 Å². The quantitative estimate of drug-likeness (QED) is 0.380. The summed E-state index contributed by atoms with van der Waals surface area (Å²) in [6, 6.07) is 14.1. The Morgan fingerprint density at radius 1 is 0.966 bits per heavy atom. The van der Waals surface area contributed by atoms with E-state index in [2.05, 4.69) is 21.2 Å². The van der Waals surface area contributed by atoms with Gasteiger partial charge in [-0.1, -0.05) is 25.1 Å². The van der Waals surface area contributed by atoms with Gasteiger partial charge in [-0.15, -0.1) is 0 Å². The van der Waals surface area contributed by atoms with Crippen LogP contribution in [0, 0.1) is 0 Å². The highest BCUT2D eigenvalue weighted by Crippen LogP contribution is 2.16. The molecule has 8 heteroatoms. The van der Waals surface area contributed by atoms with E-state index in [0.717, 1.165) is 12.0 Å². The van der Waals surface area contributed by atoms with E-state index < -0.39 is 11.8 Å². The van der Waals surface area contributed by atoms with Crippen molar-refractivity contribution in [2.24, 2.45) is 5.10 Å². The first-order chi connectivity index (χ1) is 13.9. The topological polar surface area (TPSA) is 109 Å². The minimum atomic E-state index is -0.919. The number of methoxy groups -OCH3 is 1. The summed E-state index contributed by atoms with van der Waals surface area (Å²) in [6.07, 6.45) is 0.839. The van der Waals surface area contributed by atoms with Crippen molar-refractivity contribution in [2.45, 2.75) is 26.7 Å². The lowest BCUT2D eigenvalue weighted by molar-refractivity contribution is -0.136. The van der Waals surface area contributed by atoms with E-state index in [1.807, 2.05) is 19.1 Å². The van der Waals surface area contributed by atoms with Crippen LogP contribution in [0.1, 0.15) is 25.8 Å². The number of carbonyl (C=O) groups is 3. The highest BCUT2D eigenvalue weighted by Gasteiger charge is 2.13. The zero-order valence-corrected chi connectivity index (χ0v) is 16.6. The molecule has 0 saturated heterocycles. The van der Waals surface area contributed by atoms with Gasteiger partial charge < -0.3 is 15.4 Å². The van der Waals surface area contributed by atoms with Gasteiger partial charge in [0.25, 0.3) is 0 Å². The molecule has 8 nitrogen and oxygen atoms in total. The van der Waals surface area contributed by atoms with Crippen LogP contribution in [0.25, 0.3) is 0 Å². The monoisotopic (exact) mass is 396 g/mol. The Kier molecular flexibility index (Phi) is 7.90. The van der Waals surface area contributed by atoms with Crippen molar-refractivity contribution in [1.82, 2.24) is 5.43 Å². The minimum absolute atomic E-state index is 0.0441. The molecule has 3 amide bonds. The van der Waals surface area contributed by atoms with Crippen molar-refractivity contribution >= 4 is 34.8 Å². The number of hydrogen-bond acceptors (Lipinski definition) is 5. The fourth-order valence-electron chi connectivity index (χ4n) is 2.39. The van der Waals surface area contributed by atoms with Crippen LogP contribution >= 0.6 is 0 Å². The molecule has 0 unspecified atom stereocenters. The minimum Gasteiger partial charge on any atom is -0.497 e. The van der Waals surface area contributed by atoms with Crippen LogP contribution in [0.3, 0.4) is 0 Å². The first-order valence-electron chi connectivity index (χ1n) is 9.08. The van der Waals surface area contributed by atoms with Crippen molar-refractivity contribution in [3.05, 3.63) is 54.1 Å². The molecular formula is C21H24N4O4. The van der Waals surface area contributed by atoms with Gasteiger partial charge in [0.2, 0.25) is 5.91 Å². The highest BCUT2D eigenvalue weighted by molar-refractivity contribution is 6.39. The zero-order valence-electron chi connectivity index (χ0n) is 16.6. The Morgan fingerprint density at radius 3 is 2.34 bits per heavy atom. The summed E-state index contributed by atoms with van der Waals surface area (Å²) in [5.41, 5.74) is 4.72. The summed E-state index contributed by atoms with van der Waals surface area (Å²) in [4.78, 5) is 35.9. The largest absolute Gasteiger partial charge is 0.497 e. The molecule has 3 N–H and O–H groups in total. The van der Waals surface area contributed by atoms with Gasteiger partial charge in [-0.3, -0.25) is 14.4 Å². The number of hydrogen-bond donors (Lipinski definition) is 3. The van der Waals surface area contributed by atoms with E-state index in [4.69, 9.17) is 4.74 Å². The fourth-order valence-corrected chi connectivity index (χ4v) is 2.39. The summed E-state index contributed by atoms with van der Waals surface area (Å²) < 4.78 is 5.10. The molecule has 0 aromatic heterocycles. The Bertz CT molecular complexity index is 907. The molecule has 0 spiro atoms. The predicted octanol–water partition coefficient (Wildman–Crippen LogP) is 2.72. The molecule has 2 aromatic rings. The molecule has 29 heavy (non-hydrogen) atoms. The second kappa shape index (κ2) is 10.6. The third-order valence-corrected chi connectivity index (χ3v) is 3.94. The second-order valence-electron chi connectivity index (χ2n) is 6.25. The third kappa shape index (κ3) is 7.10. The Balaban J connectivity index is 1.83. The SMILES string of the molecule is CCc1ccc(NC(=O)C(=O)N/N=C(/C)CC(=O)Nc2cccc(OC)c2)cc1. The first-order valence-corrected chi connectivity index (χ1v) is 9.08. The maximum Gasteiger partial charge on any atom is 0.329 e. The second-order valence-corrected chi connectivity index (χ2v) is 6.25. The van der Waals surface area contributed by atoms with E-state index >= 15 is 0 Å². The molecule has 2 aromatic carbocycles. The van der Waals surface area contributed by atoms with E-state index in [9.17, 15) is 14.4 Å². The lowest BCUT2D eigenvalue weighted by Crippen LogP contribution is -2.33. The van der Waals surface area contributed by atoms with Gasteiger partial charge in [0.05, 0.1) is 13.5 Å². The predicted molar refractivity (Wildman–Crippen MR) is 112 cm³/mol. The van der Waals surface area contributed by atoms with Crippen LogP contribution in [-0.2, 0) is 20.8 Å². The maximum absolute atomic E-state index is 12.1. The standard InChI is InChI=1S/C21H24N4O4/c1-4-15-8-10-16(11-9-15)23-20(27)21(28)25-24-14(2)12-19(26)22-17-6-5-7-18(13-17)29-3/h5-11,13H,4,12H2,1-3H3,(H,22,26)(H,23,27)(H,25,28)/b24-14-. The number of anilines is 2. The molecule has 2 rings (SSSR count). The number of rotatable bonds is 7. The molecule has 0 bridgehead atoms. The van der Waals surface area contributed by atoms with Gasteiger partial charge in [-0.05, 0) is 43.2 Å². The molecule has 0 aliphatic rings. The summed E-state index contributed by atoms with van der Waals surface area (Å²) in [5, 5.41) is 9.00. The summed E-state index contributed by atoms with van der Waals surface area (Å²) in [7, 11) is 1.54. The van der Waals surface area contributed by atoms with Crippen LogP contribution in [0.2, 0.25) is 0 Å². The molecule has 0 radical (unpaired) electrons. The number of carbonyl (C=O) groups excluding carboxylic acids is 3. The molecule has 0 heterocycles. The van der Waals surface area contributed by atoms with E-state index in [1.165, 1.54) is 7.11 Å². The van der Waals surface area contributed by atoms with Gasteiger partial charge >= 0.3 is 11.8 Å². The average Bonchev–Trinajstić information content (AvgIpc) is 2.72. The summed E-state index contributed by atoms with van der Waals surface area (Å²) in [5.74, 6) is -1.45. The number of hydrazone groups is 1. The first kappa shape index (κ1) is 21.6. The van der Waals surface area contributed by atoms with Gasteiger partial charge in [0.15, 0.2) is 0 Å². The smallest absolute Gasteiger partial charge is 0.329 e. The number of nitrogens with one attached hydrogen (secondary N) is 3. The Hall–Kier alpha value is -3.68. The third-order valence-electron chi connectivity index (χ3n) is 3.94. The Labute approximate surface area is 169 Å². The van der Waals surface area contributed by atoms with Crippen molar-refractivity contribution in [1.29, 1.82) is 0 Å². The van der Waals surface area contributed by atoms with Gasteiger partial charge in [0, 0.05) is 23.2 Å². The average molecular weight is 396 g/mol. The van der Waals surface area contributed by atoms with Gasteiger partial charge in [-0.25, -0.2) is 5.43 Å². The molecule has 0 aliphatic heterocycles. The summed E-state index contributed by atoms with van der Waals surface area (Å²) in [6.45, 7) is 3.60. The molecular weight excluding hydrogens is 372 g/mol. The normalized spacial score (nSPS) is 10.8. The van der Waals surface area contributed by atoms with Crippen LogP contribution in [-0.4, -0.2) is 30.5 Å². The lowest BCUT2D eigenvalue weighted by atomic mass is 10.1. The van der Waals surface area contributed by atoms with Crippen LogP contribution in [0.5, 0.6) is 5.75 Å². The maximum atomic E-state index is 12.1. The number of aryl methyl sites for hydroxylation is 1. The Morgan fingerprint density at radius 2 is 1.69 bits per heavy atom. The fraction of sp³-hybridized carbons (Fsp3) is 0.238. The van der Waals surface area contributed by atoms with Crippen molar-refractivity contribution in [3.63, 3.8) is 0 Å². The van der Waals surface area contributed by atoms with Gasteiger partial charge in [-0.2, -0.15) is 5.10 Å².